The van der Waals surface area contributed by atoms with Gasteiger partial charge in [0.05, 0.1) is 12.2 Å². The number of aryl methyl sites for hydroxylation is 1. The Morgan fingerprint density at radius 1 is 1.39 bits per heavy atom. The molecule has 130 valence electrons. The molecule has 0 unspecified atom stereocenters. The number of amides is 1. The molecule has 1 aromatic rings. The maximum Gasteiger partial charge on any atom is 0.410 e. The predicted molar refractivity (Wildman–Crippen MR) is 88.4 cm³/mol. The fourth-order valence-electron chi connectivity index (χ4n) is 2.96. The highest BCUT2D eigenvalue weighted by atomic mass is 16.6. The Balaban J connectivity index is 1.92. The summed E-state index contributed by atoms with van der Waals surface area (Å²) >= 11 is 0. The molecule has 0 aliphatic carbocycles. The van der Waals surface area contributed by atoms with Crippen LogP contribution >= 0.6 is 0 Å². The normalized spacial score (nSPS) is 16.7. The van der Waals surface area contributed by atoms with Crippen molar-refractivity contribution in [2.45, 2.75) is 65.0 Å². The van der Waals surface area contributed by atoms with Crippen molar-refractivity contribution in [3.8, 4) is 0 Å². The lowest BCUT2D eigenvalue weighted by atomic mass is 10.0. The van der Waals surface area contributed by atoms with E-state index in [-0.39, 0.29) is 12.7 Å². The van der Waals surface area contributed by atoms with E-state index in [9.17, 15) is 4.79 Å². The van der Waals surface area contributed by atoms with Crippen LogP contribution in [0.3, 0.4) is 0 Å². The van der Waals surface area contributed by atoms with Gasteiger partial charge in [0.15, 0.2) is 0 Å². The van der Waals surface area contributed by atoms with Crippen LogP contribution in [0.1, 0.15) is 57.3 Å². The number of carbonyl (C=O) groups is 1. The lowest BCUT2D eigenvalue weighted by molar-refractivity contribution is 0.0184. The predicted octanol–water partition coefficient (Wildman–Crippen LogP) is 2.69. The molecule has 1 aliphatic rings. The lowest BCUT2D eigenvalue weighted by Crippen LogP contribution is -2.42. The maximum atomic E-state index is 12.1. The van der Waals surface area contributed by atoms with Crippen LogP contribution in [-0.4, -0.2) is 51.2 Å². The maximum absolute atomic E-state index is 12.1. The first-order chi connectivity index (χ1) is 10.8. The van der Waals surface area contributed by atoms with E-state index in [1.165, 1.54) is 11.3 Å². The Hall–Kier alpha value is -1.56. The van der Waals surface area contributed by atoms with Crippen LogP contribution in [0.4, 0.5) is 4.79 Å². The molecular weight excluding hydrogens is 294 g/mol. The Morgan fingerprint density at radius 2 is 2.04 bits per heavy atom. The van der Waals surface area contributed by atoms with E-state index in [1.807, 2.05) is 27.0 Å². The van der Waals surface area contributed by atoms with Gasteiger partial charge in [0.2, 0.25) is 0 Å². The van der Waals surface area contributed by atoms with Crippen LogP contribution in [0.25, 0.3) is 0 Å². The zero-order valence-corrected chi connectivity index (χ0v) is 14.7. The van der Waals surface area contributed by atoms with E-state index in [1.54, 1.807) is 4.90 Å². The van der Waals surface area contributed by atoms with Gasteiger partial charge in [-0.25, -0.2) is 4.79 Å². The Morgan fingerprint density at radius 3 is 2.61 bits per heavy atom. The topological polar surface area (TPSA) is 67.6 Å². The quantitative estimate of drug-likeness (QED) is 0.925. The summed E-state index contributed by atoms with van der Waals surface area (Å²) in [5, 5.41) is 13.5. The van der Waals surface area contributed by atoms with Gasteiger partial charge in [0.25, 0.3) is 0 Å². The summed E-state index contributed by atoms with van der Waals surface area (Å²) in [4.78, 5) is 13.9. The number of likely N-dealkylation sites (tertiary alicyclic amines) is 1. The van der Waals surface area contributed by atoms with Crippen molar-refractivity contribution < 1.29 is 14.6 Å². The first-order valence-corrected chi connectivity index (χ1v) is 8.43. The fourth-order valence-corrected chi connectivity index (χ4v) is 2.96. The smallest absolute Gasteiger partial charge is 0.410 e. The van der Waals surface area contributed by atoms with Gasteiger partial charge in [-0.2, -0.15) is 5.10 Å². The summed E-state index contributed by atoms with van der Waals surface area (Å²) < 4.78 is 7.51. The summed E-state index contributed by atoms with van der Waals surface area (Å²) in [6, 6.07) is 0.330. The second kappa shape index (κ2) is 7.34. The molecule has 0 radical (unpaired) electrons. The minimum atomic E-state index is -0.450. The van der Waals surface area contributed by atoms with Gasteiger partial charge in [0.1, 0.15) is 5.60 Å². The third-order valence-electron chi connectivity index (χ3n) is 4.21. The molecule has 0 aromatic carbocycles. The molecule has 1 N–H and O–H groups in total. The summed E-state index contributed by atoms with van der Waals surface area (Å²) in [5.41, 5.74) is 1.93. The fraction of sp³-hybridized carbons (Fsp3) is 0.765. The second-order valence-electron chi connectivity index (χ2n) is 7.23. The average molecular weight is 323 g/mol. The van der Waals surface area contributed by atoms with E-state index in [0.29, 0.717) is 19.1 Å². The Kier molecular flexibility index (Phi) is 5.68. The second-order valence-corrected chi connectivity index (χ2v) is 7.23. The molecule has 23 heavy (non-hydrogen) atoms. The van der Waals surface area contributed by atoms with Gasteiger partial charge in [-0.1, -0.05) is 0 Å². The number of aliphatic hydroxyl groups is 1. The number of hydrogen-bond acceptors (Lipinski definition) is 4. The number of rotatable bonds is 4. The number of piperidine rings is 1. The molecule has 1 amide bonds. The Bertz CT molecular complexity index is 526. The molecule has 0 atom stereocenters. The molecule has 6 heteroatoms. The van der Waals surface area contributed by atoms with Crippen molar-refractivity contribution in [1.82, 2.24) is 14.7 Å². The SMILES string of the molecule is Cc1c(CCCO)cnn1C1CCN(C(=O)OC(C)(C)C)CC1. The first-order valence-electron chi connectivity index (χ1n) is 8.43. The molecule has 0 saturated carbocycles. The van der Waals surface area contributed by atoms with Crippen molar-refractivity contribution in [1.29, 1.82) is 0 Å². The molecule has 1 aliphatic heterocycles. The number of nitrogens with zero attached hydrogens (tertiary/aromatic N) is 3. The minimum absolute atomic E-state index is 0.207. The summed E-state index contributed by atoms with van der Waals surface area (Å²) in [5.74, 6) is 0. The third kappa shape index (κ3) is 4.70. The monoisotopic (exact) mass is 323 g/mol. The summed E-state index contributed by atoms with van der Waals surface area (Å²) in [6.07, 6.45) is 5.09. The van der Waals surface area contributed by atoms with Crippen LogP contribution in [0.2, 0.25) is 0 Å². The molecule has 1 aromatic heterocycles. The highest BCUT2D eigenvalue weighted by molar-refractivity contribution is 5.68. The van der Waals surface area contributed by atoms with Crippen LogP contribution in [0.15, 0.2) is 6.20 Å². The molecule has 1 saturated heterocycles. The summed E-state index contributed by atoms with van der Waals surface area (Å²) in [7, 11) is 0. The van der Waals surface area contributed by atoms with Crippen LogP contribution in [0.5, 0.6) is 0 Å². The van der Waals surface area contributed by atoms with E-state index in [4.69, 9.17) is 9.84 Å². The van der Waals surface area contributed by atoms with Crippen molar-refractivity contribution >= 4 is 6.09 Å². The number of carbonyl (C=O) groups excluding carboxylic acids is 1. The minimum Gasteiger partial charge on any atom is -0.444 e. The van der Waals surface area contributed by atoms with Crippen molar-refractivity contribution in [3.05, 3.63) is 17.5 Å². The molecule has 2 heterocycles. The standard InChI is InChI=1S/C17H29N3O3/c1-13-14(6-5-11-21)12-18-20(13)15-7-9-19(10-8-15)16(22)23-17(2,3)4/h12,15,21H,5-11H2,1-4H3. The Labute approximate surface area is 138 Å². The highest BCUT2D eigenvalue weighted by Gasteiger charge is 2.28. The van der Waals surface area contributed by atoms with Gasteiger partial charge in [-0.3, -0.25) is 4.68 Å². The van der Waals surface area contributed by atoms with Crippen LogP contribution in [0, 0.1) is 6.92 Å². The molecule has 2 rings (SSSR count). The van der Waals surface area contributed by atoms with E-state index in [2.05, 4.69) is 16.7 Å². The number of aromatic nitrogens is 2. The van der Waals surface area contributed by atoms with Crippen molar-refractivity contribution in [2.75, 3.05) is 19.7 Å². The van der Waals surface area contributed by atoms with Gasteiger partial charge in [-0.05, 0) is 58.9 Å². The van der Waals surface area contributed by atoms with Gasteiger partial charge < -0.3 is 14.7 Å². The van der Waals surface area contributed by atoms with Crippen LogP contribution in [-0.2, 0) is 11.2 Å². The zero-order chi connectivity index (χ0) is 17.0. The third-order valence-corrected chi connectivity index (χ3v) is 4.21. The molecule has 1 fully saturated rings. The zero-order valence-electron chi connectivity index (χ0n) is 14.7. The number of ether oxygens (including phenoxy) is 1. The molecule has 0 spiro atoms. The molecule has 6 nitrogen and oxygen atoms in total. The largest absolute Gasteiger partial charge is 0.444 e. The van der Waals surface area contributed by atoms with Gasteiger partial charge >= 0.3 is 6.09 Å². The van der Waals surface area contributed by atoms with E-state index < -0.39 is 5.60 Å². The van der Waals surface area contributed by atoms with E-state index >= 15 is 0 Å². The lowest BCUT2D eigenvalue weighted by Gasteiger charge is -2.34. The number of hydrogen-bond donors (Lipinski definition) is 1. The highest BCUT2D eigenvalue weighted by Crippen LogP contribution is 2.26. The van der Waals surface area contributed by atoms with Crippen molar-refractivity contribution in [3.63, 3.8) is 0 Å². The van der Waals surface area contributed by atoms with Crippen molar-refractivity contribution in [2.24, 2.45) is 0 Å². The van der Waals surface area contributed by atoms with Gasteiger partial charge in [0, 0.05) is 25.4 Å². The first kappa shape index (κ1) is 17.8. The van der Waals surface area contributed by atoms with E-state index in [0.717, 1.165) is 25.7 Å². The molecule has 0 bridgehead atoms. The summed E-state index contributed by atoms with van der Waals surface area (Å²) in [6.45, 7) is 9.35. The average Bonchev–Trinajstić information content (AvgIpc) is 2.84. The van der Waals surface area contributed by atoms with Crippen LogP contribution < -0.4 is 0 Å². The van der Waals surface area contributed by atoms with Gasteiger partial charge in [-0.15, -0.1) is 0 Å². The number of aliphatic hydroxyl groups excluding tert-OH is 1. The molecular formula is C17H29N3O3.